The van der Waals surface area contributed by atoms with Crippen molar-refractivity contribution < 1.29 is 14.1 Å². The van der Waals surface area contributed by atoms with Gasteiger partial charge >= 0.3 is 6.09 Å². The molecule has 1 amide bonds. The van der Waals surface area contributed by atoms with Crippen molar-refractivity contribution in [3.63, 3.8) is 0 Å². The van der Waals surface area contributed by atoms with Gasteiger partial charge in [-0.2, -0.15) is 5.26 Å². The molecule has 2 heterocycles. The van der Waals surface area contributed by atoms with E-state index in [1.807, 2.05) is 7.05 Å². The number of nitrogens with one attached hydrogen (secondary N) is 2. The van der Waals surface area contributed by atoms with Gasteiger partial charge in [0.2, 0.25) is 0 Å². The van der Waals surface area contributed by atoms with Crippen molar-refractivity contribution >= 4 is 22.4 Å². The van der Waals surface area contributed by atoms with Gasteiger partial charge in [-0.25, -0.2) is 4.79 Å². The number of carbonyl (C=O) groups is 1. The van der Waals surface area contributed by atoms with Gasteiger partial charge in [0.05, 0.1) is 18.3 Å². The molecule has 2 aromatic rings. The normalized spacial score (nSPS) is 16.3. The molecule has 0 aromatic carbocycles. The van der Waals surface area contributed by atoms with Gasteiger partial charge in [0.25, 0.3) is 0 Å². The molecule has 0 saturated carbocycles. The number of ether oxygens (including phenoxy) is 1. The monoisotopic (exact) mass is 332 g/mol. The Balaban J connectivity index is 1.58. The van der Waals surface area contributed by atoms with Crippen LogP contribution in [0.4, 0.5) is 9.80 Å². The Hall–Kier alpha value is -2.53. The second-order valence-corrected chi connectivity index (χ2v) is 6.28. The minimum Gasteiger partial charge on any atom is -0.446 e. The Morgan fingerprint density at radius 1 is 1.65 bits per heavy atom. The molecule has 1 unspecified atom stereocenters. The topological polar surface area (TPSA) is 100 Å². The van der Waals surface area contributed by atoms with Crippen molar-refractivity contribution in [2.75, 3.05) is 12.4 Å². The summed E-state index contributed by atoms with van der Waals surface area (Å²) >= 11 is 1.56. The lowest BCUT2D eigenvalue weighted by Crippen LogP contribution is -2.31. The van der Waals surface area contributed by atoms with Gasteiger partial charge in [-0.15, -0.1) is 11.3 Å². The third kappa shape index (κ3) is 3.29. The lowest BCUT2D eigenvalue weighted by molar-refractivity contribution is 0.0891. The zero-order valence-corrected chi connectivity index (χ0v) is 13.4. The smallest absolute Gasteiger partial charge is 0.407 e. The molecule has 0 bridgehead atoms. The van der Waals surface area contributed by atoms with Crippen molar-refractivity contribution in [1.29, 1.82) is 5.26 Å². The number of nitrogens with zero attached hydrogens (tertiary/aromatic N) is 2. The maximum absolute atomic E-state index is 11.8. The number of alkyl carbamates (subject to hydrolysis) is 1. The number of fused-ring (bicyclic) bond motifs is 1. The predicted octanol–water partition coefficient (Wildman–Crippen LogP) is 2.43. The summed E-state index contributed by atoms with van der Waals surface area (Å²) in [6, 6.07) is 3.94. The highest BCUT2D eigenvalue weighted by atomic mass is 32.1. The summed E-state index contributed by atoms with van der Waals surface area (Å²) in [4.78, 5) is 13.0. The van der Waals surface area contributed by atoms with E-state index in [4.69, 9.17) is 9.26 Å². The summed E-state index contributed by atoms with van der Waals surface area (Å²) in [7, 11) is 1.81. The Bertz CT molecular complexity index is 733. The fraction of sp³-hybridized carbons (Fsp3) is 0.400. The van der Waals surface area contributed by atoms with E-state index in [1.165, 1.54) is 6.20 Å². The number of aromatic nitrogens is 1. The van der Waals surface area contributed by atoms with Crippen molar-refractivity contribution in [2.24, 2.45) is 0 Å². The van der Waals surface area contributed by atoms with Gasteiger partial charge < -0.3 is 19.9 Å². The molecule has 1 aliphatic rings. The van der Waals surface area contributed by atoms with Gasteiger partial charge in [-0.1, -0.05) is 5.16 Å². The van der Waals surface area contributed by atoms with Crippen LogP contribution in [0.5, 0.6) is 0 Å². The minimum absolute atomic E-state index is 0.174. The van der Waals surface area contributed by atoms with E-state index in [9.17, 15) is 10.1 Å². The molecule has 3 rings (SSSR count). The van der Waals surface area contributed by atoms with Crippen LogP contribution >= 0.6 is 11.3 Å². The number of nitriles is 1. The van der Waals surface area contributed by atoms with Crippen molar-refractivity contribution in [2.45, 2.75) is 31.9 Å². The zero-order valence-electron chi connectivity index (χ0n) is 12.6. The van der Waals surface area contributed by atoms with Crippen LogP contribution < -0.4 is 10.6 Å². The van der Waals surface area contributed by atoms with Crippen molar-refractivity contribution in [3.8, 4) is 6.07 Å². The molecule has 120 valence electrons. The molecule has 23 heavy (non-hydrogen) atoms. The molecule has 0 aliphatic heterocycles. The first kappa shape index (κ1) is 15.4. The average Bonchev–Trinajstić information content (AvgIpc) is 3.19. The quantitative estimate of drug-likeness (QED) is 0.892. The summed E-state index contributed by atoms with van der Waals surface area (Å²) < 4.78 is 10.4. The van der Waals surface area contributed by atoms with E-state index >= 15 is 0 Å². The fourth-order valence-electron chi connectivity index (χ4n) is 2.64. The van der Waals surface area contributed by atoms with E-state index in [1.54, 1.807) is 17.4 Å². The summed E-state index contributed by atoms with van der Waals surface area (Å²) in [5, 5.41) is 19.4. The van der Waals surface area contributed by atoms with Crippen molar-refractivity contribution in [1.82, 2.24) is 10.5 Å². The Morgan fingerprint density at radius 2 is 2.52 bits per heavy atom. The van der Waals surface area contributed by atoms with Crippen LogP contribution in [-0.4, -0.2) is 24.4 Å². The molecule has 7 nitrogen and oxygen atoms in total. The Morgan fingerprint density at radius 3 is 3.22 bits per heavy atom. The lowest BCUT2D eigenvalue weighted by Gasteiger charge is -2.22. The molecule has 0 saturated heterocycles. The van der Waals surface area contributed by atoms with Crippen LogP contribution in [0.25, 0.3) is 0 Å². The third-order valence-electron chi connectivity index (χ3n) is 3.73. The standard InChI is InChI=1S/C15H16N4O3S/c1-17-14-12(7-16)11-3-2-9(6-13(11)23-14)21-15(20)18-8-10-4-5-19-22-10/h4-5,9,17H,2-3,6,8H2,1H3,(H,18,20). The summed E-state index contributed by atoms with van der Waals surface area (Å²) in [5.74, 6) is 0.573. The lowest BCUT2D eigenvalue weighted by atomic mass is 9.94. The average molecular weight is 332 g/mol. The number of hydrogen-bond acceptors (Lipinski definition) is 7. The highest BCUT2D eigenvalue weighted by Crippen LogP contribution is 2.38. The van der Waals surface area contributed by atoms with E-state index < -0.39 is 6.09 Å². The minimum atomic E-state index is -0.472. The SMILES string of the molecule is CNc1sc2c(c1C#N)CCC(OC(=O)NCc1ccno1)C2. The second-order valence-electron chi connectivity index (χ2n) is 5.17. The number of hydrogen-bond donors (Lipinski definition) is 2. The van der Waals surface area contributed by atoms with Gasteiger partial charge in [0.15, 0.2) is 5.76 Å². The molecule has 0 radical (unpaired) electrons. The van der Waals surface area contributed by atoms with E-state index in [0.29, 0.717) is 12.2 Å². The number of amides is 1. The first-order valence-electron chi connectivity index (χ1n) is 7.27. The van der Waals surface area contributed by atoms with Crippen LogP contribution in [-0.2, 0) is 24.1 Å². The number of thiophene rings is 1. The van der Waals surface area contributed by atoms with Gasteiger partial charge in [0, 0.05) is 24.4 Å². The predicted molar refractivity (Wildman–Crippen MR) is 84.2 cm³/mol. The highest BCUT2D eigenvalue weighted by molar-refractivity contribution is 7.16. The van der Waals surface area contributed by atoms with Crippen molar-refractivity contribution in [3.05, 3.63) is 34.0 Å². The first-order chi connectivity index (χ1) is 11.2. The van der Waals surface area contributed by atoms with Crippen LogP contribution in [0.2, 0.25) is 0 Å². The van der Waals surface area contributed by atoms with E-state index in [-0.39, 0.29) is 12.6 Å². The summed E-state index contributed by atoms with van der Waals surface area (Å²) in [6.07, 6.45) is 2.99. The molecule has 1 atom stereocenters. The van der Waals surface area contributed by atoms with E-state index in [0.717, 1.165) is 33.8 Å². The van der Waals surface area contributed by atoms with Crippen LogP contribution in [0, 0.1) is 11.3 Å². The Labute approximate surface area is 137 Å². The maximum atomic E-state index is 11.8. The Kier molecular flexibility index (Phi) is 4.48. The first-order valence-corrected chi connectivity index (χ1v) is 8.09. The highest BCUT2D eigenvalue weighted by Gasteiger charge is 2.27. The van der Waals surface area contributed by atoms with Crippen LogP contribution in [0.1, 0.15) is 28.2 Å². The van der Waals surface area contributed by atoms with Gasteiger partial charge in [-0.05, 0) is 18.4 Å². The molecule has 1 aliphatic carbocycles. The molecular weight excluding hydrogens is 316 g/mol. The van der Waals surface area contributed by atoms with Crippen LogP contribution in [0.15, 0.2) is 16.8 Å². The number of anilines is 1. The van der Waals surface area contributed by atoms with Crippen LogP contribution in [0.3, 0.4) is 0 Å². The number of carbonyl (C=O) groups excluding carboxylic acids is 1. The molecule has 0 fully saturated rings. The molecule has 0 spiro atoms. The zero-order chi connectivity index (χ0) is 16.2. The number of rotatable bonds is 4. The van der Waals surface area contributed by atoms with Gasteiger partial charge in [-0.3, -0.25) is 0 Å². The largest absolute Gasteiger partial charge is 0.446 e. The fourth-order valence-corrected chi connectivity index (χ4v) is 3.85. The third-order valence-corrected chi connectivity index (χ3v) is 5.00. The van der Waals surface area contributed by atoms with E-state index in [2.05, 4.69) is 21.9 Å². The molecule has 2 aromatic heterocycles. The molecular formula is C15H16N4O3S. The van der Waals surface area contributed by atoms with Gasteiger partial charge in [0.1, 0.15) is 17.2 Å². The molecule has 8 heteroatoms. The summed E-state index contributed by atoms with van der Waals surface area (Å²) in [5.41, 5.74) is 1.81. The maximum Gasteiger partial charge on any atom is 0.407 e. The second kappa shape index (κ2) is 6.71. The summed E-state index contributed by atoms with van der Waals surface area (Å²) in [6.45, 7) is 0.248. The molecule has 2 N–H and O–H groups in total.